The third-order valence-corrected chi connectivity index (χ3v) is 4.14. The summed E-state index contributed by atoms with van der Waals surface area (Å²) in [7, 11) is 3.62. The zero-order chi connectivity index (χ0) is 14.5. The summed E-state index contributed by atoms with van der Waals surface area (Å²) in [6, 6.07) is 9.54. The lowest BCUT2D eigenvalue weighted by molar-refractivity contribution is 0.0963. The Kier molecular flexibility index (Phi) is 4.63. The Morgan fingerprint density at radius 3 is 2.85 bits per heavy atom. The van der Waals surface area contributed by atoms with Gasteiger partial charge < -0.3 is 16.0 Å². The molecule has 1 aromatic carbocycles. The highest BCUT2D eigenvalue weighted by Gasteiger charge is 2.10. The fourth-order valence-electron chi connectivity index (χ4n) is 2.01. The van der Waals surface area contributed by atoms with E-state index in [2.05, 4.69) is 27.7 Å². The summed E-state index contributed by atoms with van der Waals surface area (Å²) in [5.41, 5.74) is 8.21. The molecule has 2 aromatic rings. The predicted molar refractivity (Wildman–Crippen MR) is 85.5 cm³/mol. The molecule has 0 atom stereocenters. The van der Waals surface area contributed by atoms with Crippen molar-refractivity contribution < 1.29 is 4.79 Å². The third-order valence-electron chi connectivity index (χ3n) is 3.20. The normalized spacial score (nSPS) is 10.3. The molecule has 0 aliphatic rings. The number of rotatable bonds is 5. The minimum absolute atomic E-state index is 0.0992. The van der Waals surface area contributed by atoms with E-state index in [1.807, 2.05) is 13.1 Å². The lowest BCUT2D eigenvalue weighted by Crippen LogP contribution is -2.23. The standard InChI is InChI=1S/C15H19N3OS/c1-17-15(19)11-5-6-13(16)14(10-11)18(2)8-7-12-4-3-9-20-12/h3-6,9-10H,7-8,16H2,1-2H3,(H,17,19). The molecule has 20 heavy (non-hydrogen) atoms. The van der Waals surface area contributed by atoms with Crippen molar-refractivity contribution in [3.8, 4) is 0 Å². The molecule has 4 nitrogen and oxygen atoms in total. The fourth-order valence-corrected chi connectivity index (χ4v) is 2.71. The fraction of sp³-hybridized carbons (Fsp3) is 0.267. The van der Waals surface area contributed by atoms with Gasteiger partial charge >= 0.3 is 0 Å². The molecule has 1 aromatic heterocycles. The van der Waals surface area contributed by atoms with Gasteiger partial charge in [0.1, 0.15) is 0 Å². The van der Waals surface area contributed by atoms with Crippen LogP contribution in [0.15, 0.2) is 35.7 Å². The maximum atomic E-state index is 11.7. The summed E-state index contributed by atoms with van der Waals surface area (Å²) in [4.78, 5) is 15.1. The monoisotopic (exact) mass is 289 g/mol. The van der Waals surface area contributed by atoms with Gasteiger partial charge in [-0.2, -0.15) is 0 Å². The van der Waals surface area contributed by atoms with Gasteiger partial charge in [-0.3, -0.25) is 4.79 Å². The van der Waals surface area contributed by atoms with E-state index in [1.54, 1.807) is 30.5 Å². The van der Waals surface area contributed by atoms with Crippen molar-refractivity contribution in [1.82, 2.24) is 5.32 Å². The smallest absolute Gasteiger partial charge is 0.251 e. The molecule has 0 aliphatic heterocycles. The number of hydrogen-bond donors (Lipinski definition) is 2. The van der Waals surface area contributed by atoms with Gasteiger partial charge in [-0.25, -0.2) is 0 Å². The molecule has 0 bridgehead atoms. The topological polar surface area (TPSA) is 58.4 Å². The molecule has 106 valence electrons. The molecule has 1 heterocycles. The molecule has 0 saturated carbocycles. The van der Waals surface area contributed by atoms with Crippen LogP contribution in [-0.4, -0.2) is 26.5 Å². The molecular formula is C15H19N3OS. The van der Waals surface area contributed by atoms with Crippen molar-refractivity contribution in [2.45, 2.75) is 6.42 Å². The molecule has 0 radical (unpaired) electrons. The molecule has 0 spiro atoms. The Labute approximate surface area is 123 Å². The van der Waals surface area contributed by atoms with Crippen molar-refractivity contribution in [3.05, 3.63) is 46.2 Å². The predicted octanol–water partition coefficient (Wildman–Crippen LogP) is 2.37. The molecular weight excluding hydrogens is 270 g/mol. The number of amides is 1. The summed E-state index contributed by atoms with van der Waals surface area (Å²) in [6.45, 7) is 0.863. The summed E-state index contributed by atoms with van der Waals surface area (Å²) in [5, 5.41) is 4.70. The zero-order valence-electron chi connectivity index (χ0n) is 11.7. The number of nitrogen functional groups attached to an aromatic ring is 1. The third kappa shape index (κ3) is 3.30. The highest BCUT2D eigenvalue weighted by molar-refractivity contribution is 7.09. The molecule has 3 N–H and O–H groups in total. The van der Waals surface area contributed by atoms with Gasteiger partial charge in [0.15, 0.2) is 0 Å². The molecule has 5 heteroatoms. The van der Waals surface area contributed by atoms with Crippen LogP contribution in [0, 0.1) is 0 Å². The molecule has 0 fully saturated rings. The Hall–Kier alpha value is -2.01. The van der Waals surface area contributed by atoms with Gasteiger partial charge in [0, 0.05) is 31.1 Å². The van der Waals surface area contributed by atoms with Gasteiger partial charge in [0.2, 0.25) is 0 Å². The van der Waals surface area contributed by atoms with Gasteiger partial charge in [-0.15, -0.1) is 11.3 Å². The molecule has 0 aliphatic carbocycles. The number of carbonyl (C=O) groups is 1. The van der Waals surface area contributed by atoms with Crippen LogP contribution in [0.25, 0.3) is 0 Å². The second-order valence-corrected chi connectivity index (χ2v) is 5.64. The van der Waals surface area contributed by atoms with Crippen LogP contribution in [0.4, 0.5) is 11.4 Å². The first-order chi connectivity index (χ1) is 9.61. The maximum absolute atomic E-state index is 11.7. The Balaban J connectivity index is 2.11. The molecule has 2 rings (SSSR count). The van der Waals surface area contributed by atoms with E-state index < -0.39 is 0 Å². The van der Waals surface area contributed by atoms with E-state index in [-0.39, 0.29) is 5.91 Å². The van der Waals surface area contributed by atoms with E-state index >= 15 is 0 Å². The van der Waals surface area contributed by atoms with Crippen molar-refractivity contribution in [2.75, 3.05) is 31.3 Å². The first kappa shape index (κ1) is 14.4. The van der Waals surface area contributed by atoms with Crippen molar-refractivity contribution in [3.63, 3.8) is 0 Å². The molecule has 0 saturated heterocycles. The Bertz CT molecular complexity index is 581. The molecule has 1 amide bonds. The van der Waals surface area contributed by atoms with Gasteiger partial charge in [-0.05, 0) is 36.1 Å². The quantitative estimate of drug-likeness (QED) is 0.831. The van der Waals surface area contributed by atoms with Gasteiger partial charge in [-0.1, -0.05) is 6.07 Å². The largest absolute Gasteiger partial charge is 0.397 e. The number of benzene rings is 1. The first-order valence-corrected chi connectivity index (χ1v) is 7.35. The average molecular weight is 289 g/mol. The van der Waals surface area contributed by atoms with Crippen molar-refractivity contribution in [2.24, 2.45) is 0 Å². The Morgan fingerprint density at radius 2 is 2.20 bits per heavy atom. The number of carbonyl (C=O) groups excluding carboxylic acids is 1. The second-order valence-electron chi connectivity index (χ2n) is 4.60. The average Bonchev–Trinajstić information content (AvgIpc) is 2.97. The second kappa shape index (κ2) is 6.43. The van der Waals surface area contributed by atoms with Crippen LogP contribution in [0.1, 0.15) is 15.2 Å². The number of nitrogens with one attached hydrogen (secondary N) is 1. The van der Waals surface area contributed by atoms with E-state index in [0.29, 0.717) is 11.3 Å². The van der Waals surface area contributed by atoms with Crippen LogP contribution in [-0.2, 0) is 6.42 Å². The maximum Gasteiger partial charge on any atom is 0.251 e. The van der Waals surface area contributed by atoms with Crippen molar-refractivity contribution in [1.29, 1.82) is 0 Å². The van der Waals surface area contributed by atoms with Crippen molar-refractivity contribution >= 4 is 28.6 Å². The van der Waals surface area contributed by atoms with Crippen LogP contribution in [0.2, 0.25) is 0 Å². The van der Waals surface area contributed by atoms with Gasteiger partial charge in [0.05, 0.1) is 11.4 Å². The van der Waals surface area contributed by atoms with E-state index in [1.165, 1.54) is 4.88 Å². The molecule has 0 unspecified atom stereocenters. The lowest BCUT2D eigenvalue weighted by Gasteiger charge is -2.21. The van der Waals surface area contributed by atoms with E-state index in [9.17, 15) is 4.79 Å². The summed E-state index contributed by atoms with van der Waals surface area (Å²) in [5.74, 6) is -0.0992. The lowest BCUT2D eigenvalue weighted by atomic mass is 10.1. The summed E-state index contributed by atoms with van der Waals surface area (Å²) in [6.07, 6.45) is 0.970. The minimum atomic E-state index is -0.0992. The number of nitrogens with zero attached hydrogens (tertiary/aromatic N) is 1. The summed E-state index contributed by atoms with van der Waals surface area (Å²) >= 11 is 1.75. The number of hydrogen-bond acceptors (Lipinski definition) is 4. The highest BCUT2D eigenvalue weighted by atomic mass is 32.1. The van der Waals surface area contributed by atoms with Crippen LogP contribution >= 0.6 is 11.3 Å². The SMILES string of the molecule is CNC(=O)c1ccc(N)c(N(C)CCc2cccs2)c1. The minimum Gasteiger partial charge on any atom is -0.397 e. The Morgan fingerprint density at radius 1 is 1.40 bits per heavy atom. The van der Waals surface area contributed by atoms with Gasteiger partial charge in [0.25, 0.3) is 5.91 Å². The highest BCUT2D eigenvalue weighted by Crippen LogP contribution is 2.24. The summed E-state index contributed by atoms with van der Waals surface area (Å²) < 4.78 is 0. The van der Waals surface area contributed by atoms with E-state index in [4.69, 9.17) is 5.73 Å². The number of nitrogens with two attached hydrogens (primary N) is 1. The van der Waals surface area contributed by atoms with Crippen LogP contribution < -0.4 is 16.0 Å². The number of likely N-dealkylation sites (N-methyl/N-ethyl adjacent to an activating group) is 1. The van der Waals surface area contributed by atoms with Crippen LogP contribution in [0.3, 0.4) is 0 Å². The first-order valence-electron chi connectivity index (χ1n) is 6.47. The van der Waals surface area contributed by atoms with E-state index in [0.717, 1.165) is 18.7 Å². The number of thiophene rings is 1. The number of anilines is 2. The van der Waals surface area contributed by atoms with Crippen LogP contribution in [0.5, 0.6) is 0 Å². The zero-order valence-corrected chi connectivity index (χ0v) is 12.5.